The standard InChI is InChI=1S/C15H14FN3O4/c1-23-14(21)10-11(8-4-2-3-5-9(8)16)18-15(22)19-7-6-17-13(20)12(10)19/h2-5,11H,6-7H2,1H3,(H,17,20)(H,18,22). The van der Waals surface area contributed by atoms with Gasteiger partial charge in [-0.25, -0.2) is 14.0 Å². The number of urea groups is 1. The molecule has 0 saturated carbocycles. The number of piperazine rings is 1. The molecular weight excluding hydrogens is 305 g/mol. The van der Waals surface area contributed by atoms with Gasteiger partial charge in [-0.1, -0.05) is 18.2 Å². The summed E-state index contributed by atoms with van der Waals surface area (Å²) in [5.74, 6) is -1.95. The third-order valence-corrected chi connectivity index (χ3v) is 3.78. The second kappa shape index (κ2) is 5.71. The lowest BCUT2D eigenvalue weighted by Crippen LogP contribution is -2.57. The zero-order valence-electron chi connectivity index (χ0n) is 12.3. The van der Waals surface area contributed by atoms with Gasteiger partial charge >= 0.3 is 12.0 Å². The van der Waals surface area contributed by atoms with E-state index in [1.54, 1.807) is 6.07 Å². The van der Waals surface area contributed by atoms with Crippen molar-refractivity contribution in [2.24, 2.45) is 0 Å². The van der Waals surface area contributed by atoms with Gasteiger partial charge in [-0.15, -0.1) is 0 Å². The Kier molecular flexibility index (Phi) is 3.73. The van der Waals surface area contributed by atoms with Crippen molar-refractivity contribution >= 4 is 17.9 Å². The van der Waals surface area contributed by atoms with Crippen molar-refractivity contribution in [3.8, 4) is 0 Å². The fourth-order valence-corrected chi connectivity index (χ4v) is 2.75. The summed E-state index contributed by atoms with van der Waals surface area (Å²) in [6, 6.07) is 4.09. The molecule has 2 heterocycles. The summed E-state index contributed by atoms with van der Waals surface area (Å²) in [5.41, 5.74) is -0.0960. The number of nitrogens with one attached hydrogen (secondary N) is 2. The molecule has 3 rings (SSSR count). The van der Waals surface area contributed by atoms with Crippen LogP contribution >= 0.6 is 0 Å². The summed E-state index contributed by atoms with van der Waals surface area (Å²) in [4.78, 5) is 37.8. The minimum absolute atomic E-state index is 0.0885. The summed E-state index contributed by atoms with van der Waals surface area (Å²) in [7, 11) is 1.16. The molecule has 1 saturated heterocycles. The van der Waals surface area contributed by atoms with Crippen LogP contribution in [0.1, 0.15) is 11.6 Å². The summed E-state index contributed by atoms with van der Waals surface area (Å²) < 4.78 is 18.9. The largest absolute Gasteiger partial charge is 0.466 e. The van der Waals surface area contributed by atoms with Crippen LogP contribution in [0.4, 0.5) is 9.18 Å². The van der Waals surface area contributed by atoms with Gasteiger partial charge in [-0.05, 0) is 6.07 Å². The van der Waals surface area contributed by atoms with Crippen LogP contribution in [0, 0.1) is 5.82 Å². The molecule has 1 fully saturated rings. The number of ether oxygens (including phenoxy) is 1. The van der Waals surface area contributed by atoms with E-state index in [1.807, 2.05) is 0 Å². The second-order valence-corrected chi connectivity index (χ2v) is 5.07. The molecule has 0 aromatic heterocycles. The quantitative estimate of drug-likeness (QED) is 0.775. The molecule has 120 valence electrons. The van der Waals surface area contributed by atoms with Gasteiger partial charge in [-0.3, -0.25) is 9.69 Å². The van der Waals surface area contributed by atoms with E-state index < -0.39 is 29.8 Å². The highest BCUT2D eigenvalue weighted by Gasteiger charge is 2.43. The van der Waals surface area contributed by atoms with Crippen LogP contribution in [-0.4, -0.2) is 43.0 Å². The Balaban J connectivity index is 2.21. The first kappa shape index (κ1) is 15.0. The van der Waals surface area contributed by atoms with E-state index in [1.165, 1.54) is 23.1 Å². The van der Waals surface area contributed by atoms with E-state index >= 15 is 0 Å². The first-order valence-electron chi connectivity index (χ1n) is 6.97. The lowest BCUT2D eigenvalue weighted by Gasteiger charge is -2.38. The highest BCUT2D eigenvalue weighted by Crippen LogP contribution is 2.33. The maximum absolute atomic E-state index is 14.1. The molecule has 0 radical (unpaired) electrons. The number of fused-ring (bicyclic) bond motifs is 1. The van der Waals surface area contributed by atoms with Crippen LogP contribution < -0.4 is 10.6 Å². The minimum atomic E-state index is -1.09. The Morgan fingerprint density at radius 3 is 2.78 bits per heavy atom. The van der Waals surface area contributed by atoms with Crippen molar-refractivity contribution in [2.75, 3.05) is 20.2 Å². The van der Waals surface area contributed by atoms with Crippen molar-refractivity contribution < 1.29 is 23.5 Å². The number of hydrogen-bond acceptors (Lipinski definition) is 4. The number of esters is 1. The Morgan fingerprint density at radius 2 is 2.09 bits per heavy atom. The molecule has 1 atom stereocenters. The molecule has 0 spiro atoms. The molecule has 23 heavy (non-hydrogen) atoms. The molecule has 2 aliphatic rings. The van der Waals surface area contributed by atoms with E-state index in [4.69, 9.17) is 4.74 Å². The van der Waals surface area contributed by atoms with Gasteiger partial charge in [0.05, 0.1) is 18.7 Å². The fourth-order valence-electron chi connectivity index (χ4n) is 2.75. The SMILES string of the molecule is COC(=O)C1=C2C(=O)NCCN2C(=O)NC1c1ccccc1F. The van der Waals surface area contributed by atoms with Crippen LogP contribution in [-0.2, 0) is 14.3 Å². The molecule has 2 N–H and O–H groups in total. The minimum Gasteiger partial charge on any atom is -0.466 e. The van der Waals surface area contributed by atoms with Crippen LogP contribution in [0.5, 0.6) is 0 Å². The molecule has 2 aliphatic heterocycles. The Bertz CT molecular complexity index is 731. The van der Waals surface area contributed by atoms with E-state index in [-0.39, 0.29) is 29.9 Å². The van der Waals surface area contributed by atoms with Crippen LogP contribution in [0.25, 0.3) is 0 Å². The van der Waals surface area contributed by atoms with Gasteiger partial charge in [0.15, 0.2) is 0 Å². The lowest BCUT2D eigenvalue weighted by atomic mass is 9.93. The van der Waals surface area contributed by atoms with Crippen molar-refractivity contribution in [3.05, 3.63) is 46.9 Å². The maximum atomic E-state index is 14.1. The number of methoxy groups -OCH3 is 1. The number of halogens is 1. The predicted molar refractivity (Wildman–Crippen MR) is 76.4 cm³/mol. The number of nitrogens with zero attached hydrogens (tertiary/aromatic N) is 1. The monoisotopic (exact) mass is 319 g/mol. The highest BCUT2D eigenvalue weighted by molar-refractivity contribution is 6.08. The van der Waals surface area contributed by atoms with Crippen molar-refractivity contribution in [1.29, 1.82) is 0 Å². The third kappa shape index (κ3) is 2.41. The molecule has 1 aromatic carbocycles. The lowest BCUT2D eigenvalue weighted by molar-refractivity contribution is -0.137. The fraction of sp³-hybridized carbons (Fsp3) is 0.267. The number of hydrogen-bond donors (Lipinski definition) is 2. The van der Waals surface area contributed by atoms with Crippen molar-refractivity contribution in [3.63, 3.8) is 0 Å². The molecule has 8 heteroatoms. The zero-order chi connectivity index (χ0) is 16.6. The Hall–Kier alpha value is -2.90. The average molecular weight is 319 g/mol. The molecular formula is C15H14FN3O4. The summed E-state index contributed by atoms with van der Waals surface area (Å²) in [6.07, 6.45) is 0. The number of rotatable bonds is 2. The average Bonchev–Trinajstić information content (AvgIpc) is 2.55. The molecule has 7 nitrogen and oxygen atoms in total. The van der Waals surface area contributed by atoms with Crippen LogP contribution in [0.15, 0.2) is 35.5 Å². The summed E-state index contributed by atoms with van der Waals surface area (Å²) in [5, 5.41) is 5.14. The van der Waals surface area contributed by atoms with E-state index in [0.717, 1.165) is 7.11 Å². The third-order valence-electron chi connectivity index (χ3n) is 3.78. The normalized spacial score (nSPS) is 20.6. The molecule has 0 aliphatic carbocycles. The van der Waals surface area contributed by atoms with Crippen molar-refractivity contribution in [2.45, 2.75) is 6.04 Å². The van der Waals surface area contributed by atoms with Crippen LogP contribution in [0.3, 0.4) is 0 Å². The summed E-state index contributed by atoms with van der Waals surface area (Å²) >= 11 is 0. The zero-order valence-corrected chi connectivity index (χ0v) is 12.3. The van der Waals surface area contributed by atoms with Gasteiger partial charge < -0.3 is 15.4 Å². The predicted octanol–water partition coefficient (Wildman–Crippen LogP) is 0.449. The molecule has 1 aromatic rings. The van der Waals surface area contributed by atoms with E-state index in [9.17, 15) is 18.8 Å². The number of carbonyl (C=O) groups excluding carboxylic acids is 3. The highest BCUT2D eigenvalue weighted by atomic mass is 19.1. The molecule has 3 amide bonds. The molecule has 1 unspecified atom stereocenters. The topological polar surface area (TPSA) is 87.7 Å². The molecule has 0 bridgehead atoms. The Morgan fingerprint density at radius 1 is 1.35 bits per heavy atom. The van der Waals surface area contributed by atoms with E-state index in [2.05, 4.69) is 10.6 Å². The van der Waals surface area contributed by atoms with Crippen molar-refractivity contribution in [1.82, 2.24) is 15.5 Å². The van der Waals surface area contributed by atoms with E-state index in [0.29, 0.717) is 0 Å². The Labute approximate surface area is 131 Å². The van der Waals surface area contributed by atoms with Gasteiger partial charge in [0.25, 0.3) is 5.91 Å². The maximum Gasteiger partial charge on any atom is 0.338 e. The first-order chi connectivity index (χ1) is 11.0. The van der Waals surface area contributed by atoms with Gasteiger partial charge in [0.1, 0.15) is 11.5 Å². The number of carbonyl (C=O) groups is 3. The number of benzene rings is 1. The van der Waals surface area contributed by atoms with Gasteiger partial charge in [0.2, 0.25) is 0 Å². The van der Waals surface area contributed by atoms with Gasteiger partial charge in [0, 0.05) is 18.7 Å². The second-order valence-electron chi connectivity index (χ2n) is 5.07. The van der Waals surface area contributed by atoms with Gasteiger partial charge in [-0.2, -0.15) is 0 Å². The number of amides is 3. The summed E-state index contributed by atoms with van der Waals surface area (Å²) in [6.45, 7) is 0.492. The smallest absolute Gasteiger partial charge is 0.338 e. The van der Waals surface area contributed by atoms with Crippen LogP contribution in [0.2, 0.25) is 0 Å². The first-order valence-corrected chi connectivity index (χ1v) is 6.97.